The van der Waals surface area contributed by atoms with Crippen LogP contribution in [0.2, 0.25) is 0 Å². The van der Waals surface area contributed by atoms with Gasteiger partial charge < -0.3 is 4.74 Å². The zero-order valence-corrected chi connectivity index (χ0v) is 27.6. The van der Waals surface area contributed by atoms with Gasteiger partial charge in [0.05, 0.1) is 41.7 Å². The molecule has 0 radical (unpaired) electrons. The van der Waals surface area contributed by atoms with Crippen LogP contribution in [0.1, 0.15) is 38.4 Å². The summed E-state index contributed by atoms with van der Waals surface area (Å²) in [7, 11) is 2.64. The number of nitriles is 2. The minimum atomic E-state index is -4.97. The van der Waals surface area contributed by atoms with Gasteiger partial charge in [-0.2, -0.15) is 36.9 Å². The molecule has 24 heteroatoms. The molecule has 55 heavy (non-hydrogen) atoms. The molecule has 0 aliphatic carbocycles. The van der Waals surface area contributed by atoms with Crippen LogP contribution in [-0.2, 0) is 41.0 Å². The number of nitrogens with zero attached hydrogens (tertiary/aromatic N) is 6. The Bertz CT molecular complexity index is 2500. The van der Waals surface area contributed by atoms with Crippen LogP contribution in [-0.4, -0.2) is 48.1 Å². The average molecular weight is 789 g/mol. The predicted molar refractivity (Wildman–Crippen MR) is 167 cm³/mol. The van der Waals surface area contributed by atoms with Gasteiger partial charge in [-0.3, -0.25) is 23.5 Å². The van der Waals surface area contributed by atoms with E-state index in [9.17, 15) is 63.9 Å². The number of carbonyl (C=O) groups is 2. The van der Waals surface area contributed by atoms with E-state index in [1.807, 2.05) is 0 Å². The van der Waals surface area contributed by atoms with Gasteiger partial charge in [-0.25, -0.2) is 42.8 Å². The number of aldehydes is 1. The molecule has 0 aliphatic rings. The van der Waals surface area contributed by atoms with Gasteiger partial charge >= 0.3 is 29.7 Å². The molecule has 4 aromatic rings. The van der Waals surface area contributed by atoms with Gasteiger partial charge in [0.2, 0.25) is 0 Å². The monoisotopic (exact) mass is 788 g/mol. The van der Waals surface area contributed by atoms with Gasteiger partial charge in [-0.1, -0.05) is 5.04 Å². The normalized spacial score (nSPS) is 11.0. The van der Waals surface area contributed by atoms with E-state index >= 15 is 0 Å². The number of halogens is 8. The van der Waals surface area contributed by atoms with Crippen molar-refractivity contribution in [2.24, 2.45) is 14.1 Å². The summed E-state index contributed by atoms with van der Waals surface area (Å²) < 4.78 is 111. The number of aromatic nitrogens is 4. The van der Waals surface area contributed by atoms with Crippen molar-refractivity contribution in [1.82, 2.24) is 18.3 Å². The molecule has 2 aromatic heterocycles. The van der Waals surface area contributed by atoms with E-state index < -0.39 is 75.2 Å². The highest BCUT2D eigenvalue weighted by atomic mass is 19.4. The summed E-state index contributed by atoms with van der Waals surface area (Å²) in [5.74, 6) is -3.20. The Labute approximate surface area is 298 Å². The molecular formula is C31H20F8N6O10. The highest BCUT2D eigenvalue weighted by Gasteiger charge is 2.36. The lowest BCUT2D eigenvalue weighted by Gasteiger charge is -2.14. The number of methoxy groups -OCH3 is 1. The van der Waals surface area contributed by atoms with Gasteiger partial charge in [0, 0.05) is 37.9 Å². The van der Waals surface area contributed by atoms with Crippen molar-refractivity contribution in [1.29, 1.82) is 10.5 Å². The van der Waals surface area contributed by atoms with Crippen molar-refractivity contribution >= 4 is 18.3 Å². The number of benzene rings is 2. The summed E-state index contributed by atoms with van der Waals surface area (Å²) in [6.45, 7) is 0. The summed E-state index contributed by atoms with van der Waals surface area (Å²) in [4.78, 5) is 70.5. The molecule has 4 rings (SSSR count). The Kier molecular flexibility index (Phi) is 14.2. The fourth-order valence-electron chi connectivity index (χ4n) is 4.39. The molecule has 0 bridgehead atoms. The zero-order valence-electron chi connectivity index (χ0n) is 27.6. The summed E-state index contributed by atoms with van der Waals surface area (Å²) in [6, 6.07) is 6.45. The Morgan fingerprint density at radius 3 is 1.42 bits per heavy atom. The van der Waals surface area contributed by atoms with E-state index in [0.29, 0.717) is 12.1 Å². The van der Waals surface area contributed by atoms with Crippen LogP contribution in [0.3, 0.4) is 0 Å². The average Bonchev–Trinajstić information content (AvgIpc) is 3.11. The van der Waals surface area contributed by atoms with Crippen LogP contribution in [0.4, 0.5) is 35.1 Å². The molecule has 0 saturated heterocycles. The van der Waals surface area contributed by atoms with Crippen molar-refractivity contribution in [3.63, 3.8) is 0 Å². The van der Waals surface area contributed by atoms with Crippen LogP contribution >= 0.6 is 0 Å². The van der Waals surface area contributed by atoms with E-state index in [4.69, 9.17) is 21.0 Å². The SMILES string of the molecule is COC(=O)/C=C\c1cc(-n2c(=O)cc(C(F)(F)F)n(C)c2=O)c(F)cc1C#N.Cn1c(C(F)(F)F)cc(=O)n(-c2cc(C=O)c(C#N)cc2F)c1=O.OOO. The van der Waals surface area contributed by atoms with E-state index in [1.54, 1.807) is 12.1 Å². The molecule has 2 N–H and O–H groups in total. The fourth-order valence-corrected chi connectivity index (χ4v) is 4.39. The number of carbonyl (C=O) groups excluding carboxylic acids is 2. The highest BCUT2D eigenvalue weighted by molar-refractivity contribution is 5.87. The third-order valence-electron chi connectivity index (χ3n) is 6.91. The van der Waals surface area contributed by atoms with Crippen LogP contribution < -0.4 is 22.5 Å². The Hall–Kier alpha value is -7.02. The number of ether oxygens (including phenoxy) is 1. The molecule has 16 nitrogen and oxygen atoms in total. The number of esters is 1. The van der Waals surface area contributed by atoms with Crippen LogP contribution in [0.25, 0.3) is 17.5 Å². The van der Waals surface area contributed by atoms with Crippen LogP contribution in [0.15, 0.2) is 61.7 Å². The molecule has 0 amide bonds. The van der Waals surface area contributed by atoms with E-state index in [0.717, 1.165) is 45.5 Å². The third kappa shape index (κ3) is 9.90. The van der Waals surface area contributed by atoms with Gasteiger partial charge in [0.25, 0.3) is 11.1 Å². The first-order chi connectivity index (χ1) is 25.5. The van der Waals surface area contributed by atoms with Crippen molar-refractivity contribution in [2.45, 2.75) is 12.4 Å². The summed E-state index contributed by atoms with van der Waals surface area (Å²) in [5.41, 5.74) is -11.1. The first kappa shape index (κ1) is 44.1. The summed E-state index contributed by atoms with van der Waals surface area (Å²) >= 11 is 0. The molecule has 0 unspecified atom stereocenters. The maximum atomic E-state index is 14.4. The maximum absolute atomic E-state index is 14.4. The number of hydrogen-bond donors (Lipinski definition) is 2. The second-order valence-corrected chi connectivity index (χ2v) is 10.1. The highest BCUT2D eigenvalue weighted by Crippen LogP contribution is 2.28. The Morgan fingerprint density at radius 1 is 0.727 bits per heavy atom. The standard InChI is InChI=1S/C17H11F4N3O4.C14H7F4N3O3.H2O3/c1-23-13(17(19,20)21)7-14(25)24(16(23)27)12-6-9(3-4-15(26)28-2)10(8-22)5-11(12)18;1-20-11(14(16,17)18)4-12(23)21(13(20)24)10-3-8(6-22)7(5-19)2-9(10)15;1-3-2/h3-7H,1-2H3;2-4,6H,1H3;1-2H/b4-3-;;. The topological polar surface area (TPSA) is 229 Å². The lowest BCUT2D eigenvalue weighted by Crippen LogP contribution is -2.41. The fraction of sp³-hybridized carbons (Fsp3) is 0.161. The molecule has 0 fully saturated rings. The quantitative estimate of drug-likeness (QED) is 0.0743. The lowest BCUT2D eigenvalue weighted by molar-refractivity contribution is -0.465. The second-order valence-electron chi connectivity index (χ2n) is 10.1. The maximum Gasteiger partial charge on any atom is 0.431 e. The van der Waals surface area contributed by atoms with Gasteiger partial charge in [-0.15, -0.1) is 0 Å². The van der Waals surface area contributed by atoms with Crippen LogP contribution in [0, 0.1) is 34.3 Å². The lowest BCUT2D eigenvalue weighted by atomic mass is 10.1. The third-order valence-corrected chi connectivity index (χ3v) is 6.91. The van der Waals surface area contributed by atoms with Crippen LogP contribution in [0.5, 0.6) is 0 Å². The van der Waals surface area contributed by atoms with Crippen molar-refractivity contribution in [3.8, 4) is 23.5 Å². The molecule has 0 aliphatic heterocycles. The Morgan fingerprint density at radius 2 is 1.09 bits per heavy atom. The Balaban J connectivity index is 0.000000358. The molecule has 2 heterocycles. The minimum absolute atomic E-state index is 0.0573. The van der Waals surface area contributed by atoms with Gasteiger partial charge in [-0.05, 0) is 35.9 Å². The number of alkyl halides is 6. The van der Waals surface area contributed by atoms with Gasteiger partial charge in [0.1, 0.15) is 23.0 Å². The number of hydrogen-bond acceptors (Lipinski definition) is 12. The summed E-state index contributed by atoms with van der Waals surface area (Å²) in [6.07, 6.45) is -7.74. The first-order valence-electron chi connectivity index (χ1n) is 14.0. The second kappa shape index (κ2) is 17.7. The molecule has 0 atom stereocenters. The van der Waals surface area contributed by atoms with Gasteiger partial charge in [0.15, 0.2) is 6.29 Å². The van der Waals surface area contributed by atoms with Crippen molar-refractivity contribution in [2.75, 3.05) is 7.11 Å². The largest absolute Gasteiger partial charge is 0.466 e. The molecule has 2 aromatic carbocycles. The van der Waals surface area contributed by atoms with E-state index in [2.05, 4.69) is 9.78 Å². The zero-order chi connectivity index (χ0) is 42.2. The van der Waals surface area contributed by atoms with Crippen molar-refractivity contribution < 1.29 is 65.0 Å². The first-order valence-corrected chi connectivity index (χ1v) is 14.0. The smallest absolute Gasteiger partial charge is 0.431 e. The molecule has 290 valence electrons. The minimum Gasteiger partial charge on any atom is -0.466 e. The van der Waals surface area contributed by atoms with E-state index in [1.165, 1.54) is 0 Å². The molecule has 0 saturated carbocycles. The number of rotatable bonds is 5. The predicted octanol–water partition coefficient (Wildman–Crippen LogP) is 3.08. The molecule has 0 spiro atoms. The van der Waals surface area contributed by atoms with Crippen molar-refractivity contribution in [3.05, 3.63) is 129 Å². The summed E-state index contributed by atoms with van der Waals surface area (Å²) in [5, 5.41) is 33.4. The van der Waals surface area contributed by atoms with E-state index in [-0.39, 0.29) is 58.9 Å². The molecular weight excluding hydrogens is 768 g/mol.